The Bertz CT molecular complexity index is 852. The molecule has 0 atom stereocenters. The fourth-order valence-corrected chi connectivity index (χ4v) is 5.36. The maximum absolute atomic E-state index is 12.3. The third-order valence-electron chi connectivity index (χ3n) is 5.86. The van der Waals surface area contributed by atoms with Gasteiger partial charge < -0.3 is 19.7 Å². The van der Waals surface area contributed by atoms with Crippen LogP contribution in [0.5, 0.6) is 11.5 Å². The predicted octanol–water partition coefficient (Wildman–Crippen LogP) is 3.22. The van der Waals surface area contributed by atoms with Gasteiger partial charge in [0, 0.05) is 32.2 Å². The monoisotopic (exact) mass is 551 g/mol. The highest BCUT2D eigenvalue weighted by Crippen LogP contribution is 2.35. The Hall–Kier alpha value is -1.23. The normalized spacial score (nSPS) is 21.1. The van der Waals surface area contributed by atoms with Gasteiger partial charge in [-0.1, -0.05) is 12.1 Å². The minimum absolute atomic E-state index is 0. The van der Waals surface area contributed by atoms with Crippen molar-refractivity contribution in [2.24, 2.45) is 4.99 Å². The van der Waals surface area contributed by atoms with Crippen molar-refractivity contribution in [3.05, 3.63) is 23.8 Å². The van der Waals surface area contributed by atoms with E-state index in [1.165, 1.54) is 12.8 Å². The second kappa shape index (κ2) is 10.4. The standard InChI is InChI=1S/C21H33N3O4S.HI/c1-21(2)15-24(12-13-29(21,25)26)20(22-3)23-14-16-8-7-11-18(27-4)19(16)28-17-9-5-6-10-17;/h7-8,11,17H,5-6,9-10,12-15H2,1-4H3,(H,22,23);1H. The minimum atomic E-state index is -3.09. The molecular weight excluding hydrogens is 517 g/mol. The van der Waals surface area contributed by atoms with Gasteiger partial charge in [0.25, 0.3) is 0 Å². The van der Waals surface area contributed by atoms with Crippen LogP contribution in [0.15, 0.2) is 23.2 Å². The molecule has 2 aliphatic rings. The van der Waals surface area contributed by atoms with Gasteiger partial charge in [0.2, 0.25) is 0 Å². The molecule has 9 heteroatoms. The van der Waals surface area contributed by atoms with Crippen LogP contribution in [0.3, 0.4) is 0 Å². The molecule has 7 nitrogen and oxygen atoms in total. The minimum Gasteiger partial charge on any atom is -0.493 e. The molecule has 0 spiro atoms. The number of aliphatic imine (C=N–C) groups is 1. The Morgan fingerprint density at radius 3 is 2.60 bits per heavy atom. The molecule has 1 aromatic rings. The zero-order chi connectivity index (χ0) is 21.1. The van der Waals surface area contributed by atoms with E-state index in [4.69, 9.17) is 9.47 Å². The molecule has 0 amide bonds. The first-order valence-electron chi connectivity index (χ1n) is 10.3. The van der Waals surface area contributed by atoms with Crippen molar-refractivity contribution >= 4 is 39.8 Å². The maximum atomic E-state index is 12.3. The molecule has 0 aromatic heterocycles. The smallest absolute Gasteiger partial charge is 0.193 e. The molecule has 1 N–H and O–H groups in total. The van der Waals surface area contributed by atoms with Crippen molar-refractivity contribution in [1.82, 2.24) is 10.2 Å². The molecule has 170 valence electrons. The molecule has 2 fully saturated rings. The largest absolute Gasteiger partial charge is 0.493 e. The van der Waals surface area contributed by atoms with Gasteiger partial charge in [0.1, 0.15) is 0 Å². The molecule has 1 aliphatic carbocycles. The average Bonchev–Trinajstić information content (AvgIpc) is 3.19. The fraction of sp³-hybridized carbons (Fsp3) is 0.667. The molecule has 1 aliphatic heterocycles. The predicted molar refractivity (Wildman–Crippen MR) is 131 cm³/mol. The first-order chi connectivity index (χ1) is 13.8. The third-order valence-corrected chi connectivity index (χ3v) is 8.39. The molecule has 30 heavy (non-hydrogen) atoms. The summed E-state index contributed by atoms with van der Waals surface area (Å²) in [6.45, 7) is 4.93. The van der Waals surface area contributed by atoms with E-state index < -0.39 is 14.6 Å². The quantitative estimate of drug-likeness (QED) is 0.344. The summed E-state index contributed by atoms with van der Waals surface area (Å²) in [5.41, 5.74) is 1.00. The van der Waals surface area contributed by atoms with Gasteiger partial charge in [-0.25, -0.2) is 8.42 Å². The molecular formula is C21H34IN3O4S. The lowest BCUT2D eigenvalue weighted by Gasteiger charge is -2.39. The molecule has 0 radical (unpaired) electrons. The van der Waals surface area contributed by atoms with Crippen LogP contribution in [0.25, 0.3) is 0 Å². The molecule has 3 rings (SSSR count). The first kappa shape index (κ1) is 25.0. The summed E-state index contributed by atoms with van der Waals surface area (Å²) >= 11 is 0. The number of nitrogens with one attached hydrogen (secondary N) is 1. The van der Waals surface area contributed by atoms with E-state index >= 15 is 0 Å². The highest BCUT2D eigenvalue weighted by atomic mass is 127. The molecule has 1 heterocycles. The van der Waals surface area contributed by atoms with E-state index in [0.717, 1.165) is 29.9 Å². The summed E-state index contributed by atoms with van der Waals surface area (Å²) in [6, 6.07) is 5.90. The van der Waals surface area contributed by atoms with Crippen LogP contribution in [0.4, 0.5) is 0 Å². The second-order valence-electron chi connectivity index (χ2n) is 8.37. The van der Waals surface area contributed by atoms with Gasteiger partial charge in [-0.05, 0) is 45.6 Å². The SMILES string of the molecule is CN=C(NCc1cccc(OC)c1OC1CCCC1)N1CCS(=O)(=O)C(C)(C)C1.I. The maximum Gasteiger partial charge on any atom is 0.193 e. The highest BCUT2D eigenvalue weighted by Gasteiger charge is 2.41. The van der Waals surface area contributed by atoms with Crippen molar-refractivity contribution in [1.29, 1.82) is 0 Å². The number of hydrogen-bond donors (Lipinski definition) is 1. The van der Waals surface area contributed by atoms with Gasteiger partial charge in [-0.2, -0.15) is 0 Å². The Labute approximate surface area is 197 Å². The summed E-state index contributed by atoms with van der Waals surface area (Å²) < 4.78 is 35.6. The summed E-state index contributed by atoms with van der Waals surface area (Å²) in [6.07, 6.45) is 4.78. The van der Waals surface area contributed by atoms with Crippen LogP contribution in [-0.2, 0) is 16.4 Å². The topological polar surface area (TPSA) is 80.2 Å². The van der Waals surface area contributed by atoms with Gasteiger partial charge >= 0.3 is 0 Å². The first-order valence-corrected chi connectivity index (χ1v) is 11.9. The van der Waals surface area contributed by atoms with Crippen molar-refractivity contribution in [2.45, 2.75) is 56.9 Å². The van der Waals surface area contributed by atoms with Crippen LogP contribution < -0.4 is 14.8 Å². The van der Waals surface area contributed by atoms with Crippen LogP contribution in [0, 0.1) is 0 Å². The van der Waals surface area contributed by atoms with Crippen molar-refractivity contribution in [3.63, 3.8) is 0 Å². The lowest BCUT2D eigenvalue weighted by molar-refractivity contribution is 0.198. The van der Waals surface area contributed by atoms with Gasteiger partial charge in [0.15, 0.2) is 27.3 Å². The number of benzene rings is 1. The zero-order valence-electron chi connectivity index (χ0n) is 18.3. The van der Waals surface area contributed by atoms with Gasteiger partial charge in [0.05, 0.1) is 23.7 Å². The number of ether oxygens (including phenoxy) is 2. The summed E-state index contributed by atoms with van der Waals surface area (Å²) in [5.74, 6) is 2.35. The number of rotatable bonds is 5. The highest BCUT2D eigenvalue weighted by molar-refractivity contribution is 14.0. The van der Waals surface area contributed by atoms with E-state index in [0.29, 0.717) is 25.6 Å². The number of hydrogen-bond acceptors (Lipinski definition) is 5. The second-order valence-corrected chi connectivity index (χ2v) is 11.1. The van der Waals surface area contributed by atoms with E-state index in [2.05, 4.69) is 10.3 Å². The van der Waals surface area contributed by atoms with Gasteiger partial charge in [-0.15, -0.1) is 24.0 Å². The Kier molecular flexibility index (Phi) is 8.67. The van der Waals surface area contributed by atoms with Crippen molar-refractivity contribution < 1.29 is 17.9 Å². The Balaban J connectivity index is 0.00000320. The van der Waals surface area contributed by atoms with Crippen LogP contribution in [0.2, 0.25) is 0 Å². The van der Waals surface area contributed by atoms with Crippen molar-refractivity contribution in [3.8, 4) is 11.5 Å². The summed E-state index contributed by atoms with van der Waals surface area (Å²) in [7, 11) is 0.285. The molecule has 1 saturated heterocycles. The molecule has 0 unspecified atom stereocenters. The Morgan fingerprint density at radius 1 is 1.30 bits per heavy atom. The lowest BCUT2D eigenvalue weighted by atomic mass is 10.1. The van der Waals surface area contributed by atoms with Crippen LogP contribution in [-0.4, -0.2) is 63.1 Å². The molecule has 1 saturated carbocycles. The fourth-order valence-electron chi connectivity index (χ4n) is 4.00. The lowest BCUT2D eigenvalue weighted by Crippen LogP contribution is -2.57. The van der Waals surface area contributed by atoms with Crippen molar-refractivity contribution in [2.75, 3.05) is 33.0 Å². The Morgan fingerprint density at radius 2 is 2.00 bits per heavy atom. The third kappa shape index (κ3) is 5.52. The zero-order valence-corrected chi connectivity index (χ0v) is 21.5. The van der Waals surface area contributed by atoms with E-state index in [-0.39, 0.29) is 35.8 Å². The number of guanidine groups is 1. The van der Waals surface area contributed by atoms with Gasteiger partial charge in [-0.3, -0.25) is 4.99 Å². The average molecular weight is 551 g/mol. The van der Waals surface area contributed by atoms with Crippen LogP contribution >= 0.6 is 24.0 Å². The molecule has 1 aromatic carbocycles. The number of halogens is 1. The van der Waals surface area contributed by atoms with E-state index in [1.807, 2.05) is 23.1 Å². The summed E-state index contributed by atoms with van der Waals surface area (Å²) in [5, 5.41) is 3.38. The number of methoxy groups -OCH3 is 1. The number of nitrogens with zero attached hydrogens (tertiary/aromatic N) is 2. The number of sulfone groups is 1. The van der Waals surface area contributed by atoms with E-state index in [1.54, 1.807) is 28.0 Å². The summed E-state index contributed by atoms with van der Waals surface area (Å²) in [4.78, 5) is 6.39. The molecule has 0 bridgehead atoms. The van der Waals surface area contributed by atoms with Crippen LogP contribution in [0.1, 0.15) is 45.1 Å². The number of para-hydroxylation sites is 1. The van der Waals surface area contributed by atoms with E-state index in [9.17, 15) is 8.42 Å².